The number of hydrogen-bond donors (Lipinski definition) is 1. The molecule has 1 atom stereocenters. The van der Waals surface area contributed by atoms with Crippen LogP contribution in [-0.4, -0.2) is 35.5 Å². The smallest absolute Gasteiger partial charge is 0.323 e. The van der Waals surface area contributed by atoms with Crippen LogP contribution in [0.15, 0.2) is 0 Å². The third kappa shape index (κ3) is 2.97. The highest BCUT2D eigenvalue weighted by molar-refractivity contribution is 5.83. The fraction of sp³-hybridized carbons (Fsp3) is 0.833. The van der Waals surface area contributed by atoms with Crippen LogP contribution in [0.5, 0.6) is 0 Å². The third-order valence-corrected chi connectivity index (χ3v) is 3.55. The zero-order valence-electron chi connectivity index (χ0n) is 10.3. The summed E-state index contributed by atoms with van der Waals surface area (Å²) in [7, 11) is 1.57. The fourth-order valence-corrected chi connectivity index (χ4v) is 2.50. The molecule has 1 unspecified atom stereocenters. The minimum Gasteiger partial charge on any atom is -0.480 e. The van der Waals surface area contributed by atoms with Gasteiger partial charge in [-0.15, -0.1) is 0 Å². The molecule has 0 bridgehead atoms. The van der Waals surface area contributed by atoms with Gasteiger partial charge >= 0.3 is 5.97 Å². The highest BCUT2D eigenvalue weighted by Gasteiger charge is 2.38. The Morgan fingerprint density at radius 3 is 2.50 bits per heavy atom. The normalized spacial score (nSPS) is 23.8. The molecule has 1 aliphatic carbocycles. The summed E-state index contributed by atoms with van der Waals surface area (Å²) >= 11 is 0. The van der Waals surface area contributed by atoms with Crippen LogP contribution < -0.4 is 0 Å². The van der Waals surface area contributed by atoms with E-state index in [0.717, 1.165) is 19.3 Å². The van der Waals surface area contributed by atoms with Gasteiger partial charge in [-0.25, -0.2) is 0 Å². The highest BCUT2D eigenvalue weighted by atomic mass is 16.4. The number of likely N-dealkylation sites (N-methyl/N-ethyl adjacent to an activating group) is 1. The molecule has 1 saturated carbocycles. The Morgan fingerprint density at radius 2 is 2.00 bits per heavy atom. The zero-order chi connectivity index (χ0) is 12.3. The molecule has 0 radical (unpaired) electrons. The summed E-state index contributed by atoms with van der Waals surface area (Å²) < 4.78 is 0. The van der Waals surface area contributed by atoms with Crippen LogP contribution >= 0.6 is 0 Å². The van der Waals surface area contributed by atoms with E-state index < -0.39 is 5.97 Å². The number of nitrogens with zero attached hydrogens (tertiary/aromatic N) is 1. The minimum absolute atomic E-state index is 0.00208. The van der Waals surface area contributed by atoms with Crippen LogP contribution in [-0.2, 0) is 9.59 Å². The van der Waals surface area contributed by atoms with Gasteiger partial charge in [-0.05, 0) is 18.3 Å². The number of amides is 1. The summed E-state index contributed by atoms with van der Waals surface area (Å²) in [5.74, 6) is -0.998. The molecule has 1 aliphatic rings. The van der Waals surface area contributed by atoms with Gasteiger partial charge in [-0.2, -0.15) is 0 Å². The number of aliphatic carboxylic acids is 1. The molecule has 0 heterocycles. The summed E-state index contributed by atoms with van der Waals surface area (Å²) in [5.41, 5.74) is 0.00208. The number of carbonyl (C=O) groups excluding carboxylic acids is 1. The average molecular weight is 227 g/mol. The van der Waals surface area contributed by atoms with Crippen LogP contribution in [0.3, 0.4) is 0 Å². The Labute approximate surface area is 96.6 Å². The Balaban J connectivity index is 2.68. The van der Waals surface area contributed by atoms with Gasteiger partial charge in [-0.1, -0.05) is 26.7 Å². The Hall–Kier alpha value is -1.06. The fourth-order valence-electron chi connectivity index (χ4n) is 2.50. The molecule has 0 aromatic rings. The van der Waals surface area contributed by atoms with Gasteiger partial charge in [0.15, 0.2) is 0 Å². The van der Waals surface area contributed by atoms with Crippen molar-refractivity contribution in [3.05, 3.63) is 0 Å². The van der Waals surface area contributed by atoms with Crippen LogP contribution in [0.1, 0.15) is 39.5 Å². The summed E-state index contributed by atoms with van der Waals surface area (Å²) in [5, 5.41) is 8.67. The van der Waals surface area contributed by atoms with Gasteiger partial charge in [0.05, 0.1) is 0 Å². The Kier molecular flexibility index (Phi) is 3.94. The molecule has 0 spiro atoms. The van der Waals surface area contributed by atoms with Gasteiger partial charge in [0.1, 0.15) is 6.54 Å². The van der Waals surface area contributed by atoms with Crippen molar-refractivity contribution in [1.29, 1.82) is 0 Å². The maximum Gasteiger partial charge on any atom is 0.323 e. The number of carboxylic acids is 1. The molecule has 0 aliphatic heterocycles. The molecule has 0 aromatic heterocycles. The molecule has 92 valence electrons. The van der Waals surface area contributed by atoms with Crippen LogP contribution in [0.25, 0.3) is 0 Å². The van der Waals surface area contributed by atoms with Gasteiger partial charge in [0.2, 0.25) is 5.91 Å². The van der Waals surface area contributed by atoms with Crippen molar-refractivity contribution in [2.24, 2.45) is 11.3 Å². The number of hydrogen-bond acceptors (Lipinski definition) is 2. The van der Waals surface area contributed by atoms with Crippen molar-refractivity contribution in [2.45, 2.75) is 39.5 Å². The number of carbonyl (C=O) groups is 2. The lowest BCUT2D eigenvalue weighted by Gasteiger charge is -2.39. The number of rotatable bonds is 3. The second kappa shape index (κ2) is 4.85. The van der Waals surface area contributed by atoms with E-state index >= 15 is 0 Å². The minimum atomic E-state index is -0.954. The lowest BCUT2D eigenvalue weighted by Crippen LogP contribution is -2.43. The monoisotopic (exact) mass is 227 g/mol. The molecule has 0 saturated heterocycles. The maximum absolute atomic E-state index is 12.1. The van der Waals surface area contributed by atoms with Crippen molar-refractivity contribution >= 4 is 11.9 Å². The van der Waals surface area contributed by atoms with Crippen LogP contribution in [0.4, 0.5) is 0 Å². The lowest BCUT2D eigenvalue weighted by molar-refractivity contribution is -0.148. The van der Waals surface area contributed by atoms with E-state index in [0.29, 0.717) is 0 Å². The second-order valence-electron chi connectivity index (χ2n) is 5.37. The first-order valence-corrected chi connectivity index (χ1v) is 5.81. The molecule has 1 fully saturated rings. The summed E-state index contributed by atoms with van der Waals surface area (Å²) in [6.45, 7) is 4.00. The van der Waals surface area contributed by atoms with Crippen molar-refractivity contribution < 1.29 is 14.7 Å². The first-order valence-electron chi connectivity index (χ1n) is 5.81. The van der Waals surface area contributed by atoms with Crippen molar-refractivity contribution in [2.75, 3.05) is 13.6 Å². The van der Waals surface area contributed by atoms with Crippen molar-refractivity contribution in [1.82, 2.24) is 4.90 Å². The standard InChI is InChI=1S/C12H21NO3/c1-12(2)7-5-4-6-9(12)11(16)13(3)8-10(14)15/h9H,4-8H2,1-3H3,(H,14,15). The topological polar surface area (TPSA) is 57.6 Å². The van der Waals surface area contributed by atoms with E-state index in [1.165, 1.54) is 11.3 Å². The Morgan fingerprint density at radius 1 is 1.38 bits per heavy atom. The van der Waals surface area contributed by atoms with Gasteiger partial charge in [0.25, 0.3) is 0 Å². The summed E-state index contributed by atoms with van der Waals surface area (Å²) in [6.07, 6.45) is 4.17. The zero-order valence-corrected chi connectivity index (χ0v) is 10.3. The molecule has 4 heteroatoms. The van der Waals surface area contributed by atoms with E-state index in [-0.39, 0.29) is 23.8 Å². The number of carboxylic acid groups (broad SMARTS) is 1. The first-order chi connectivity index (χ1) is 7.34. The molecule has 16 heavy (non-hydrogen) atoms. The molecule has 1 amide bonds. The molecule has 4 nitrogen and oxygen atoms in total. The van der Waals surface area contributed by atoms with Crippen LogP contribution in [0, 0.1) is 11.3 Å². The van der Waals surface area contributed by atoms with Gasteiger partial charge < -0.3 is 10.0 Å². The molecular weight excluding hydrogens is 206 g/mol. The predicted molar refractivity (Wildman–Crippen MR) is 61.0 cm³/mol. The van der Waals surface area contributed by atoms with Crippen molar-refractivity contribution in [3.63, 3.8) is 0 Å². The first kappa shape index (κ1) is 13.0. The van der Waals surface area contributed by atoms with E-state index in [4.69, 9.17) is 5.11 Å². The van der Waals surface area contributed by atoms with E-state index in [1.54, 1.807) is 7.05 Å². The molecule has 1 N–H and O–H groups in total. The predicted octanol–water partition coefficient (Wildman–Crippen LogP) is 1.75. The van der Waals surface area contributed by atoms with Crippen LogP contribution in [0.2, 0.25) is 0 Å². The highest BCUT2D eigenvalue weighted by Crippen LogP contribution is 2.41. The maximum atomic E-state index is 12.1. The molecule has 0 aromatic carbocycles. The third-order valence-electron chi connectivity index (χ3n) is 3.55. The average Bonchev–Trinajstić information content (AvgIpc) is 2.15. The van der Waals surface area contributed by atoms with E-state index in [1.807, 2.05) is 0 Å². The summed E-state index contributed by atoms with van der Waals surface area (Å²) in [6, 6.07) is 0. The largest absolute Gasteiger partial charge is 0.480 e. The van der Waals surface area contributed by atoms with E-state index in [2.05, 4.69) is 13.8 Å². The molecule has 1 rings (SSSR count). The Bertz CT molecular complexity index is 286. The van der Waals surface area contributed by atoms with Gasteiger partial charge in [-0.3, -0.25) is 9.59 Å². The van der Waals surface area contributed by atoms with Crippen molar-refractivity contribution in [3.8, 4) is 0 Å². The second-order valence-corrected chi connectivity index (χ2v) is 5.37. The molecular formula is C12H21NO3. The lowest BCUT2D eigenvalue weighted by atomic mass is 9.68. The van der Waals surface area contributed by atoms with E-state index in [9.17, 15) is 9.59 Å². The summed E-state index contributed by atoms with van der Waals surface area (Å²) in [4.78, 5) is 24.0. The van der Waals surface area contributed by atoms with Gasteiger partial charge in [0, 0.05) is 13.0 Å². The quantitative estimate of drug-likeness (QED) is 0.799. The SMILES string of the molecule is CN(CC(=O)O)C(=O)C1CCCCC1(C)C.